The fourth-order valence-corrected chi connectivity index (χ4v) is 5.32. The average molecular weight is 453 g/mol. The van der Waals surface area contributed by atoms with Crippen LogP contribution in [0, 0.1) is 0 Å². The molecule has 3 heterocycles. The summed E-state index contributed by atoms with van der Waals surface area (Å²) in [6.07, 6.45) is 8.87. The molecule has 0 saturated carbocycles. The third-order valence-electron chi connectivity index (χ3n) is 7.34. The van der Waals surface area contributed by atoms with Gasteiger partial charge in [0.1, 0.15) is 6.04 Å². The molecule has 33 heavy (non-hydrogen) atoms. The van der Waals surface area contributed by atoms with Crippen LogP contribution >= 0.6 is 0 Å². The molecule has 1 aromatic heterocycles. The number of benzene rings is 1. The molecule has 2 aliphatic heterocycles. The summed E-state index contributed by atoms with van der Waals surface area (Å²) in [6, 6.07) is 6.74. The number of amides is 4. The number of hydrogen-bond donors (Lipinski definition) is 2. The predicted octanol–water partition coefficient (Wildman–Crippen LogP) is 4.46. The molecule has 0 aliphatic carbocycles. The van der Waals surface area contributed by atoms with E-state index in [4.69, 9.17) is 0 Å². The highest BCUT2D eigenvalue weighted by Gasteiger charge is 2.60. The molecular formula is C26H36N4O3. The fourth-order valence-electron chi connectivity index (χ4n) is 5.32. The Morgan fingerprint density at radius 3 is 2.58 bits per heavy atom. The summed E-state index contributed by atoms with van der Waals surface area (Å²) in [6.45, 7) is 6.67. The number of hydrogen-bond acceptors (Lipinski definition) is 3. The highest BCUT2D eigenvalue weighted by Crippen LogP contribution is 2.44. The first-order valence-corrected chi connectivity index (χ1v) is 12.4. The van der Waals surface area contributed by atoms with Gasteiger partial charge in [-0.05, 0) is 38.3 Å². The normalized spacial score (nSPS) is 20.8. The molecule has 2 aliphatic rings. The van der Waals surface area contributed by atoms with E-state index in [1.54, 1.807) is 18.7 Å². The highest BCUT2D eigenvalue weighted by molar-refractivity contribution is 6.10. The third-order valence-corrected chi connectivity index (χ3v) is 7.34. The van der Waals surface area contributed by atoms with Crippen LogP contribution in [0.4, 0.5) is 4.79 Å². The Morgan fingerprint density at radius 1 is 1.12 bits per heavy atom. The van der Waals surface area contributed by atoms with Crippen molar-refractivity contribution in [1.82, 2.24) is 20.1 Å². The smallest absolute Gasteiger partial charge is 0.328 e. The Labute approximate surface area is 195 Å². The zero-order valence-electron chi connectivity index (χ0n) is 20.1. The molecule has 1 aromatic carbocycles. The van der Waals surface area contributed by atoms with Crippen molar-refractivity contribution in [2.24, 2.45) is 0 Å². The van der Waals surface area contributed by atoms with Gasteiger partial charge in [0.25, 0.3) is 5.91 Å². The second-order valence-electron chi connectivity index (χ2n) is 9.54. The number of aromatic nitrogens is 1. The SMILES string of the molecule is CCCCCCCCCNC(=O)[C@H](C)N1C(=O)N2CCc3c([nH]c4ccccc34)[C@@]2(C)C1=O. The van der Waals surface area contributed by atoms with Crippen LogP contribution in [0.3, 0.4) is 0 Å². The Morgan fingerprint density at radius 2 is 1.82 bits per heavy atom. The molecule has 7 nitrogen and oxygen atoms in total. The molecular weight excluding hydrogens is 416 g/mol. The summed E-state index contributed by atoms with van der Waals surface area (Å²) in [4.78, 5) is 45.9. The number of unbranched alkanes of at least 4 members (excludes halogenated alkanes) is 6. The summed E-state index contributed by atoms with van der Waals surface area (Å²) in [5.74, 6) is -0.610. The number of carbonyl (C=O) groups excluding carboxylic acids is 3. The van der Waals surface area contributed by atoms with Crippen LogP contribution in [0.25, 0.3) is 10.9 Å². The van der Waals surface area contributed by atoms with Gasteiger partial charge in [0.15, 0.2) is 5.54 Å². The number of nitrogens with zero attached hydrogens (tertiary/aromatic N) is 2. The molecule has 2 atom stereocenters. The van der Waals surface area contributed by atoms with E-state index in [9.17, 15) is 14.4 Å². The number of H-pyrrole nitrogens is 1. The lowest BCUT2D eigenvalue weighted by Gasteiger charge is -2.36. The van der Waals surface area contributed by atoms with Gasteiger partial charge in [0.2, 0.25) is 5.91 Å². The van der Waals surface area contributed by atoms with Gasteiger partial charge in [-0.2, -0.15) is 0 Å². The largest absolute Gasteiger partial charge is 0.356 e. The molecule has 7 heteroatoms. The number of carbonyl (C=O) groups is 3. The van der Waals surface area contributed by atoms with Crippen molar-refractivity contribution in [1.29, 1.82) is 0 Å². The number of nitrogens with one attached hydrogen (secondary N) is 2. The van der Waals surface area contributed by atoms with Crippen molar-refractivity contribution in [3.05, 3.63) is 35.5 Å². The second-order valence-corrected chi connectivity index (χ2v) is 9.54. The Kier molecular flexibility index (Phi) is 6.77. The topological polar surface area (TPSA) is 85.5 Å². The van der Waals surface area contributed by atoms with Crippen LogP contribution in [0.1, 0.15) is 77.0 Å². The van der Waals surface area contributed by atoms with Gasteiger partial charge in [0.05, 0.1) is 5.69 Å². The molecule has 0 spiro atoms. The maximum atomic E-state index is 13.6. The highest BCUT2D eigenvalue weighted by atomic mass is 16.2. The molecule has 4 rings (SSSR count). The van der Waals surface area contributed by atoms with Crippen molar-refractivity contribution in [3.63, 3.8) is 0 Å². The van der Waals surface area contributed by atoms with Crippen molar-refractivity contribution in [3.8, 4) is 0 Å². The van der Waals surface area contributed by atoms with Gasteiger partial charge < -0.3 is 15.2 Å². The van der Waals surface area contributed by atoms with Crippen LogP contribution in [-0.4, -0.2) is 51.8 Å². The van der Waals surface area contributed by atoms with Gasteiger partial charge in [-0.1, -0.05) is 63.6 Å². The lowest BCUT2D eigenvalue weighted by Crippen LogP contribution is -2.50. The van der Waals surface area contributed by atoms with Crippen LogP contribution in [0.5, 0.6) is 0 Å². The van der Waals surface area contributed by atoms with Gasteiger partial charge in [-0.3, -0.25) is 9.59 Å². The first kappa shape index (κ1) is 23.3. The summed E-state index contributed by atoms with van der Waals surface area (Å²) >= 11 is 0. The lowest BCUT2D eigenvalue weighted by molar-refractivity contribution is -0.139. The molecule has 1 saturated heterocycles. The fraction of sp³-hybridized carbons (Fsp3) is 0.577. The van der Waals surface area contributed by atoms with Crippen LogP contribution in [0.15, 0.2) is 24.3 Å². The zero-order valence-corrected chi connectivity index (χ0v) is 20.1. The van der Waals surface area contributed by atoms with Gasteiger partial charge in [-0.15, -0.1) is 0 Å². The Balaban J connectivity index is 1.42. The molecule has 178 valence electrons. The minimum atomic E-state index is -1.11. The van der Waals surface area contributed by atoms with Crippen molar-refractivity contribution in [2.45, 2.75) is 83.7 Å². The molecule has 2 N–H and O–H groups in total. The van der Waals surface area contributed by atoms with E-state index in [0.717, 1.165) is 39.9 Å². The summed E-state index contributed by atoms with van der Waals surface area (Å²) < 4.78 is 0. The predicted molar refractivity (Wildman–Crippen MR) is 129 cm³/mol. The molecule has 1 fully saturated rings. The van der Waals surface area contributed by atoms with E-state index in [-0.39, 0.29) is 17.8 Å². The summed E-state index contributed by atoms with van der Waals surface area (Å²) in [7, 11) is 0. The monoisotopic (exact) mass is 452 g/mol. The number of rotatable bonds is 10. The maximum absolute atomic E-state index is 13.6. The lowest BCUT2D eigenvalue weighted by atomic mass is 9.87. The number of para-hydroxylation sites is 1. The van der Waals surface area contributed by atoms with Gasteiger partial charge in [-0.25, -0.2) is 9.69 Å². The minimum absolute atomic E-state index is 0.275. The van der Waals surface area contributed by atoms with E-state index in [2.05, 4.69) is 17.2 Å². The van der Waals surface area contributed by atoms with Crippen molar-refractivity contribution >= 4 is 28.7 Å². The summed E-state index contributed by atoms with van der Waals surface area (Å²) in [5.41, 5.74) is 1.70. The molecule has 0 bridgehead atoms. The molecule has 0 radical (unpaired) electrons. The molecule has 2 aromatic rings. The Hall–Kier alpha value is -2.83. The number of imide groups is 1. The average Bonchev–Trinajstić information content (AvgIpc) is 3.29. The van der Waals surface area contributed by atoms with E-state index >= 15 is 0 Å². The van der Waals surface area contributed by atoms with E-state index in [0.29, 0.717) is 19.5 Å². The zero-order chi connectivity index (χ0) is 23.6. The van der Waals surface area contributed by atoms with Gasteiger partial charge in [0, 0.05) is 24.0 Å². The van der Waals surface area contributed by atoms with E-state index in [1.807, 2.05) is 24.3 Å². The number of aromatic amines is 1. The molecule has 4 amide bonds. The first-order chi connectivity index (χ1) is 15.9. The van der Waals surface area contributed by atoms with Crippen LogP contribution in [-0.2, 0) is 21.5 Å². The maximum Gasteiger partial charge on any atom is 0.328 e. The summed E-state index contributed by atoms with van der Waals surface area (Å²) in [5, 5.41) is 4.02. The van der Waals surface area contributed by atoms with Crippen molar-refractivity contribution in [2.75, 3.05) is 13.1 Å². The van der Waals surface area contributed by atoms with Crippen LogP contribution < -0.4 is 5.32 Å². The van der Waals surface area contributed by atoms with Gasteiger partial charge >= 0.3 is 6.03 Å². The third kappa shape index (κ3) is 4.02. The number of fused-ring (bicyclic) bond motifs is 5. The Bertz CT molecular complexity index is 1050. The van der Waals surface area contributed by atoms with Crippen molar-refractivity contribution < 1.29 is 14.4 Å². The minimum Gasteiger partial charge on any atom is -0.356 e. The number of urea groups is 1. The molecule has 0 unspecified atom stereocenters. The van der Waals surface area contributed by atoms with E-state index in [1.165, 1.54) is 32.1 Å². The quantitative estimate of drug-likeness (QED) is 0.412. The standard InChI is InChI=1S/C26H36N4O3/c1-4-5-6-7-8-9-12-16-27-23(31)18(2)30-24(32)26(3)22-20(15-17-29(26)25(30)33)19-13-10-11-14-21(19)28-22/h10-11,13-14,18,28H,4-9,12,15-17H2,1-3H3,(H,27,31)/t18-,26-/m0/s1. The van der Waals surface area contributed by atoms with Crippen LogP contribution in [0.2, 0.25) is 0 Å². The first-order valence-electron chi connectivity index (χ1n) is 12.4. The second kappa shape index (κ2) is 9.57. The van der Waals surface area contributed by atoms with E-state index < -0.39 is 11.6 Å².